The Hall–Kier alpha value is -5.66. The molecule has 0 atom stereocenters. The van der Waals surface area contributed by atoms with Crippen molar-refractivity contribution < 1.29 is 0 Å². The maximum atomic E-state index is 2.72. The molecule has 13 rings (SSSR count). The molecule has 0 aliphatic heterocycles. The molecule has 4 bridgehead atoms. The normalized spacial score (nSPS) is 24.6. The summed E-state index contributed by atoms with van der Waals surface area (Å²) in [7, 11) is 0. The molecule has 0 heterocycles. The molecule has 0 radical (unpaired) electrons. The summed E-state index contributed by atoms with van der Waals surface area (Å²) in [5.74, 6) is 3.20. The van der Waals surface area contributed by atoms with Crippen molar-refractivity contribution in [3.63, 3.8) is 0 Å². The van der Waals surface area contributed by atoms with Crippen molar-refractivity contribution in [1.82, 2.24) is 0 Å². The number of benzene rings is 7. The Morgan fingerprint density at radius 2 is 0.885 bits per heavy atom. The molecule has 4 saturated carbocycles. The van der Waals surface area contributed by atoms with Crippen molar-refractivity contribution in [2.75, 3.05) is 4.90 Å². The zero-order valence-electron chi connectivity index (χ0n) is 36.3. The van der Waals surface area contributed by atoms with Gasteiger partial charge in [-0.25, -0.2) is 0 Å². The van der Waals surface area contributed by atoms with E-state index in [1.54, 1.807) is 11.1 Å². The smallest absolute Gasteiger partial charge is 0.0543 e. The fraction of sp³-hybridized carbons (Fsp3) is 0.300. The van der Waals surface area contributed by atoms with Crippen LogP contribution < -0.4 is 4.90 Å². The van der Waals surface area contributed by atoms with E-state index >= 15 is 0 Å². The molecule has 61 heavy (non-hydrogen) atoms. The number of anilines is 3. The van der Waals surface area contributed by atoms with Crippen molar-refractivity contribution in [3.8, 4) is 44.5 Å². The molecular weight excluding hydrogens is 735 g/mol. The summed E-state index contributed by atoms with van der Waals surface area (Å²) in [5, 5.41) is 0. The second kappa shape index (κ2) is 13.7. The van der Waals surface area contributed by atoms with Gasteiger partial charge in [-0.15, -0.1) is 0 Å². The van der Waals surface area contributed by atoms with Gasteiger partial charge in [0.15, 0.2) is 0 Å². The highest BCUT2D eigenvalue weighted by molar-refractivity contribution is 5.96. The molecule has 0 N–H and O–H groups in total. The molecule has 0 saturated heterocycles. The third kappa shape index (κ3) is 5.65. The lowest BCUT2D eigenvalue weighted by Gasteiger charge is -2.61. The first-order chi connectivity index (χ1) is 29.7. The van der Waals surface area contributed by atoms with Crippen molar-refractivity contribution in [3.05, 3.63) is 186 Å². The maximum Gasteiger partial charge on any atom is 0.0543 e. The van der Waals surface area contributed by atoms with Gasteiger partial charge in [-0.1, -0.05) is 155 Å². The van der Waals surface area contributed by atoms with Crippen molar-refractivity contribution in [2.45, 2.75) is 88.9 Å². The van der Waals surface area contributed by atoms with Crippen LogP contribution in [0.1, 0.15) is 94.9 Å². The summed E-state index contributed by atoms with van der Waals surface area (Å²) in [4.78, 5) is 2.64. The largest absolute Gasteiger partial charge is 0.310 e. The van der Waals surface area contributed by atoms with E-state index in [0.717, 1.165) is 11.8 Å². The Morgan fingerprint density at radius 1 is 0.377 bits per heavy atom. The van der Waals surface area contributed by atoms with Crippen LogP contribution in [0.2, 0.25) is 0 Å². The fourth-order valence-corrected chi connectivity index (χ4v) is 13.8. The Bertz CT molecular complexity index is 2780. The quantitative estimate of drug-likeness (QED) is 0.162. The summed E-state index contributed by atoms with van der Waals surface area (Å²) < 4.78 is 0. The van der Waals surface area contributed by atoms with Gasteiger partial charge in [0.25, 0.3) is 0 Å². The van der Waals surface area contributed by atoms with Crippen LogP contribution in [0, 0.1) is 23.7 Å². The van der Waals surface area contributed by atoms with E-state index in [0.29, 0.717) is 11.8 Å². The molecule has 0 unspecified atom stereocenters. The molecule has 6 aliphatic rings. The van der Waals surface area contributed by atoms with Crippen LogP contribution in [-0.4, -0.2) is 0 Å². The van der Waals surface area contributed by atoms with Crippen LogP contribution in [0.25, 0.3) is 44.5 Å². The topological polar surface area (TPSA) is 3.24 Å². The van der Waals surface area contributed by atoms with Crippen LogP contribution in [0.4, 0.5) is 17.1 Å². The number of rotatable bonds is 6. The number of hydrogen-bond donors (Lipinski definition) is 0. The highest BCUT2D eigenvalue weighted by Crippen LogP contribution is 2.70. The van der Waals surface area contributed by atoms with Gasteiger partial charge in [0, 0.05) is 22.4 Å². The summed E-state index contributed by atoms with van der Waals surface area (Å²) >= 11 is 0. The Morgan fingerprint density at radius 3 is 1.51 bits per heavy atom. The second-order valence-corrected chi connectivity index (χ2v) is 20.8. The van der Waals surface area contributed by atoms with Crippen LogP contribution in [-0.2, 0) is 16.2 Å². The zero-order valence-corrected chi connectivity index (χ0v) is 36.3. The molecular formula is C60H57N. The molecule has 1 spiro atoms. The molecule has 7 aromatic carbocycles. The highest BCUT2D eigenvalue weighted by atomic mass is 15.1. The average molecular weight is 792 g/mol. The summed E-state index contributed by atoms with van der Waals surface area (Å²) in [6.07, 6.45) is 9.36. The van der Waals surface area contributed by atoms with E-state index in [-0.39, 0.29) is 16.2 Å². The van der Waals surface area contributed by atoms with Gasteiger partial charge in [0.1, 0.15) is 0 Å². The third-order valence-electron chi connectivity index (χ3n) is 16.5. The van der Waals surface area contributed by atoms with Gasteiger partial charge >= 0.3 is 0 Å². The molecule has 6 aliphatic carbocycles. The molecule has 302 valence electrons. The predicted octanol–water partition coefficient (Wildman–Crippen LogP) is 16.2. The van der Waals surface area contributed by atoms with Gasteiger partial charge in [0.05, 0.1) is 5.69 Å². The number of fused-ring (bicyclic) bond motifs is 4. The SMILES string of the molecule is CC1(C)CCC(C)(C)c2cc(N(c3ccc(-c4ccccc4-c4ccccc4)cc3)c3cc4c(cc3-c3ccccc3)-c3ccccc3C43C4CC5CC(C4)CC3C5)ccc21. The van der Waals surface area contributed by atoms with Gasteiger partial charge in [0.2, 0.25) is 0 Å². The second-order valence-electron chi connectivity index (χ2n) is 20.8. The molecule has 7 aromatic rings. The van der Waals surface area contributed by atoms with Crippen molar-refractivity contribution >= 4 is 17.1 Å². The molecule has 1 heteroatoms. The Balaban J connectivity index is 1.11. The minimum atomic E-state index is 0.0713. The Labute approximate surface area is 363 Å². The average Bonchev–Trinajstić information content (AvgIpc) is 3.57. The molecule has 1 nitrogen and oxygen atoms in total. The van der Waals surface area contributed by atoms with Crippen molar-refractivity contribution in [2.24, 2.45) is 23.7 Å². The van der Waals surface area contributed by atoms with Crippen LogP contribution in [0.3, 0.4) is 0 Å². The van der Waals surface area contributed by atoms with Gasteiger partial charge in [-0.05, 0) is 177 Å². The highest BCUT2D eigenvalue weighted by Gasteiger charge is 2.61. The van der Waals surface area contributed by atoms with Gasteiger partial charge in [-0.2, -0.15) is 0 Å². The minimum absolute atomic E-state index is 0.0713. The lowest BCUT2D eigenvalue weighted by Crippen LogP contribution is -2.55. The maximum absolute atomic E-state index is 2.72. The van der Waals surface area contributed by atoms with Crippen LogP contribution in [0.15, 0.2) is 164 Å². The van der Waals surface area contributed by atoms with E-state index in [9.17, 15) is 0 Å². The molecule has 0 aromatic heterocycles. The van der Waals surface area contributed by atoms with Gasteiger partial charge < -0.3 is 4.90 Å². The first-order valence-electron chi connectivity index (χ1n) is 23.2. The number of nitrogens with zero attached hydrogens (tertiary/aromatic N) is 1. The standard InChI is InChI=1S/C60H57N/c1-58(2)29-30-59(3,4)56-36-47(27-28-54(56)58)61(46-25-23-43(24-26-46)49-20-12-11-19-48(49)41-15-7-5-8-16-41)57-38-55-52(37-51(57)42-17-9-6-10-18-42)50-21-13-14-22-53(50)60(55)44-32-39-31-40(34-44)35-45(60)33-39/h5-28,36-40,44-45H,29-35H2,1-4H3. The Kier molecular flexibility index (Phi) is 8.32. The zero-order chi connectivity index (χ0) is 41.1. The van der Waals surface area contributed by atoms with Crippen molar-refractivity contribution in [1.29, 1.82) is 0 Å². The summed E-state index contributed by atoms with van der Waals surface area (Å²) in [5.41, 5.74) is 20.7. The fourth-order valence-electron chi connectivity index (χ4n) is 13.8. The monoisotopic (exact) mass is 791 g/mol. The molecule has 4 fully saturated rings. The first kappa shape index (κ1) is 37.1. The van der Waals surface area contributed by atoms with E-state index in [1.807, 2.05) is 0 Å². The number of hydrogen-bond acceptors (Lipinski definition) is 1. The van der Waals surface area contributed by atoms with E-state index in [2.05, 4.69) is 196 Å². The summed E-state index contributed by atoms with van der Waals surface area (Å²) in [6, 6.07) is 62.8. The third-order valence-corrected chi connectivity index (χ3v) is 16.5. The van der Waals surface area contributed by atoms with E-state index in [1.165, 1.54) is 118 Å². The predicted molar refractivity (Wildman–Crippen MR) is 256 cm³/mol. The first-order valence-corrected chi connectivity index (χ1v) is 23.2. The summed E-state index contributed by atoms with van der Waals surface area (Å²) in [6.45, 7) is 9.82. The van der Waals surface area contributed by atoms with Gasteiger partial charge in [-0.3, -0.25) is 0 Å². The lowest BCUT2D eigenvalue weighted by atomic mass is 9.43. The minimum Gasteiger partial charge on any atom is -0.310 e. The van der Waals surface area contributed by atoms with E-state index in [4.69, 9.17) is 0 Å². The van der Waals surface area contributed by atoms with Crippen LogP contribution in [0.5, 0.6) is 0 Å². The van der Waals surface area contributed by atoms with E-state index < -0.39 is 0 Å². The van der Waals surface area contributed by atoms with Crippen LogP contribution >= 0.6 is 0 Å². The molecule has 0 amide bonds. The lowest BCUT2D eigenvalue weighted by molar-refractivity contribution is -0.0399.